The van der Waals surface area contributed by atoms with Crippen molar-refractivity contribution >= 4 is 63.7 Å². The maximum absolute atomic E-state index is 12.2. The SMILES string of the molecule is CCCCCCCC(=O)N[C@H](NC(=S)Nc1ccc(OCC)cc1)C(Cl)(Cl)Cl. The van der Waals surface area contributed by atoms with E-state index in [2.05, 4.69) is 22.9 Å². The van der Waals surface area contributed by atoms with Gasteiger partial charge in [-0.05, 0) is 49.8 Å². The highest BCUT2D eigenvalue weighted by molar-refractivity contribution is 7.80. The van der Waals surface area contributed by atoms with Crippen molar-refractivity contribution in [3.63, 3.8) is 0 Å². The van der Waals surface area contributed by atoms with Gasteiger partial charge in [0, 0.05) is 12.1 Å². The Morgan fingerprint density at radius 2 is 1.71 bits per heavy atom. The Labute approximate surface area is 187 Å². The molecule has 0 aliphatic carbocycles. The molecule has 0 saturated carbocycles. The van der Waals surface area contributed by atoms with Crippen LogP contribution in [0.4, 0.5) is 5.69 Å². The number of hydrogen-bond donors (Lipinski definition) is 3. The summed E-state index contributed by atoms with van der Waals surface area (Å²) in [6.45, 7) is 4.66. The van der Waals surface area contributed by atoms with E-state index in [1.54, 1.807) is 0 Å². The predicted molar refractivity (Wildman–Crippen MR) is 123 cm³/mol. The Hall–Kier alpha value is -0.950. The quantitative estimate of drug-likeness (QED) is 0.172. The van der Waals surface area contributed by atoms with E-state index in [4.69, 9.17) is 51.8 Å². The lowest BCUT2D eigenvalue weighted by Gasteiger charge is -2.27. The molecule has 1 rings (SSSR count). The number of halogens is 3. The van der Waals surface area contributed by atoms with E-state index in [1.165, 1.54) is 6.42 Å². The van der Waals surface area contributed by atoms with E-state index in [0.29, 0.717) is 13.0 Å². The number of unbranched alkanes of at least 4 members (excludes halogenated alkanes) is 4. The largest absolute Gasteiger partial charge is 0.494 e. The summed E-state index contributed by atoms with van der Waals surface area (Å²) < 4.78 is 3.64. The highest BCUT2D eigenvalue weighted by Gasteiger charge is 2.34. The molecule has 1 aromatic carbocycles. The van der Waals surface area contributed by atoms with Gasteiger partial charge in [0.2, 0.25) is 9.70 Å². The zero-order chi connectivity index (χ0) is 21.0. The minimum atomic E-state index is -1.76. The van der Waals surface area contributed by atoms with Crippen LogP contribution in [0.15, 0.2) is 24.3 Å². The molecule has 1 amide bonds. The number of nitrogens with one attached hydrogen (secondary N) is 3. The van der Waals surface area contributed by atoms with Gasteiger partial charge < -0.3 is 20.7 Å². The first-order valence-corrected chi connectivity index (χ1v) is 11.0. The van der Waals surface area contributed by atoms with Crippen LogP contribution in [0, 0.1) is 0 Å². The number of benzene rings is 1. The average Bonchev–Trinajstić information content (AvgIpc) is 2.62. The van der Waals surface area contributed by atoms with Crippen LogP contribution in [0.1, 0.15) is 52.4 Å². The van der Waals surface area contributed by atoms with Crippen LogP contribution in [-0.4, -0.2) is 27.6 Å². The minimum Gasteiger partial charge on any atom is -0.494 e. The molecule has 0 spiro atoms. The molecule has 0 aliphatic rings. The smallest absolute Gasteiger partial charge is 0.228 e. The van der Waals surface area contributed by atoms with Crippen molar-refractivity contribution in [1.82, 2.24) is 10.6 Å². The number of alkyl halides is 3. The zero-order valence-electron chi connectivity index (χ0n) is 16.2. The molecular weight excluding hydrogens is 441 g/mol. The Morgan fingerprint density at radius 3 is 2.29 bits per heavy atom. The summed E-state index contributed by atoms with van der Waals surface area (Å²) in [4.78, 5) is 12.2. The fourth-order valence-corrected chi connectivity index (χ4v) is 2.98. The van der Waals surface area contributed by atoms with Crippen LogP contribution in [0.5, 0.6) is 5.75 Å². The molecule has 0 aromatic heterocycles. The molecule has 0 saturated heterocycles. The Morgan fingerprint density at radius 1 is 1.07 bits per heavy atom. The predicted octanol–water partition coefficient (Wildman–Crippen LogP) is 5.54. The number of ether oxygens (including phenoxy) is 1. The van der Waals surface area contributed by atoms with Gasteiger partial charge in [-0.2, -0.15) is 0 Å². The van der Waals surface area contributed by atoms with Crippen LogP contribution in [-0.2, 0) is 4.79 Å². The van der Waals surface area contributed by atoms with Crippen molar-refractivity contribution < 1.29 is 9.53 Å². The third kappa shape index (κ3) is 10.6. The first kappa shape index (κ1) is 25.1. The number of amides is 1. The lowest BCUT2D eigenvalue weighted by atomic mass is 10.1. The summed E-state index contributed by atoms with van der Waals surface area (Å²) in [6, 6.07) is 7.28. The fraction of sp³-hybridized carbons (Fsp3) is 0.579. The third-order valence-corrected chi connectivity index (χ3v) is 4.71. The number of rotatable bonds is 11. The molecule has 0 radical (unpaired) electrons. The lowest BCUT2D eigenvalue weighted by Crippen LogP contribution is -2.56. The zero-order valence-corrected chi connectivity index (χ0v) is 19.3. The number of anilines is 1. The highest BCUT2D eigenvalue weighted by Crippen LogP contribution is 2.29. The number of carbonyl (C=O) groups is 1. The molecule has 1 atom stereocenters. The van der Waals surface area contributed by atoms with Crippen LogP contribution < -0.4 is 20.7 Å². The van der Waals surface area contributed by atoms with E-state index in [0.717, 1.165) is 37.1 Å². The molecule has 9 heteroatoms. The maximum Gasteiger partial charge on any atom is 0.228 e. The molecule has 28 heavy (non-hydrogen) atoms. The van der Waals surface area contributed by atoms with E-state index in [-0.39, 0.29) is 11.0 Å². The maximum atomic E-state index is 12.2. The Balaban J connectivity index is 2.53. The van der Waals surface area contributed by atoms with Crippen molar-refractivity contribution in [2.45, 2.75) is 62.3 Å². The summed E-state index contributed by atoms with van der Waals surface area (Å²) in [6.07, 6.45) is 4.67. The fourth-order valence-electron chi connectivity index (χ4n) is 2.42. The van der Waals surface area contributed by atoms with E-state index < -0.39 is 9.96 Å². The summed E-state index contributed by atoms with van der Waals surface area (Å²) in [5.41, 5.74) is 0.742. The molecule has 0 unspecified atom stereocenters. The summed E-state index contributed by atoms with van der Waals surface area (Å²) >= 11 is 23.3. The van der Waals surface area contributed by atoms with Gasteiger partial charge in [0.15, 0.2) is 5.11 Å². The molecule has 0 bridgehead atoms. The standard InChI is InChI=1S/C19H28Cl3N3O2S/c1-3-5-6-7-8-9-16(26)24-17(19(20,21)22)25-18(28)23-14-10-12-15(13-11-14)27-4-2/h10-13,17H,3-9H2,1-2H3,(H,24,26)(H2,23,25,28)/t17-/m1/s1. The van der Waals surface area contributed by atoms with E-state index in [9.17, 15) is 4.79 Å². The molecule has 0 fully saturated rings. The molecule has 0 heterocycles. The highest BCUT2D eigenvalue weighted by atomic mass is 35.6. The monoisotopic (exact) mass is 467 g/mol. The Kier molecular flexibility index (Phi) is 11.9. The second-order valence-electron chi connectivity index (χ2n) is 6.26. The van der Waals surface area contributed by atoms with Crippen LogP contribution in [0.2, 0.25) is 0 Å². The van der Waals surface area contributed by atoms with Gasteiger partial charge in [0.05, 0.1) is 6.61 Å². The van der Waals surface area contributed by atoms with Gasteiger partial charge in [-0.3, -0.25) is 4.79 Å². The van der Waals surface area contributed by atoms with Gasteiger partial charge in [-0.15, -0.1) is 0 Å². The topological polar surface area (TPSA) is 62.4 Å². The normalized spacial score (nSPS) is 12.2. The first-order valence-electron chi connectivity index (χ1n) is 9.42. The minimum absolute atomic E-state index is 0.191. The third-order valence-electron chi connectivity index (χ3n) is 3.84. The first-order chi connectivity index (χ1) is 13.3. The van der Waals surface area contributed by atoms with Crippen LogP contribution in [0.3, 0.4) is 0 Å². The van der Waals surface area contributed by atoms with Crippen LogP contribution >= 0.6 is 47.0 Å². The summed E-state index contributed by atoms with van der Waals surface area (Å²) in [5.74, 6) is 0.571. The van der Waals surface area contributed by atoms with Gasteiger partial charge in [-0.1, -0.05) is 67.4 Å². The number of thiocarbonyl (C=S) groups is 1. The lowest BCUT2D eigenvalue weighted by molar-refractivity contribution is -0.122. The second-order valence-corrected chi connectivity index (χ2v) is 9.04. The van der Waals surface area contributed by atoms with E-state index in [1.807, 2.05) is 31.2 Å². The molecule has 1 aromatic rings. The van der Waals surface area contributed by atoms with Crippen molar-refractivity contribution in [2.75, 3.05) is 11.9 Å². The molecule has 0 aliphatic heterocycles. The average molecular weight is 469 g/mol. The molecule has 158 valence electrons. The molecule has 3 N–H and O–H groups in total. The van der Waals surface area contributed by atoms with Gasteiger partial charge >= 0.3 is 0 Å². The van der Waals surface area contributed by atoms with Crippen molar-refractivity contribution in [3.8, 4) is 5.75 Å². The molecule has 5 nitrogen and oxygen atoms in total. The number of carbonyl (C=O) groups excluding carboxylic acids is 1. The number of hydrogen-bond acceptors (Lipinski definition) is 3. The van der Waals surface area contributed by atoms with E-state index >= 15 is 0 Å². The van der Waals surface area contributed by atoms with Gasteiger partial charge in [0.1, 0.15) is 11.9 Å². The second kappa shape index (κ2) is 13.3. The Bertz CT molecular complexity index is 609. The van der Waals surface area contributed by atoms with Crippen molar-refractivity contribution in [1.29, 1.82) is 0 Å². The summed E-state index contributed by atoms with van der Waals surface area (Å²) in [5, 5.41) is 8.76. The van der Waals surface area contributed by atoms with Crippen LogP contribution in [0.25, 0.3) is 0 Å². The summed E-state index contributed by atoms with van der Waals surface area (Å²) in [7, 11) is 0. The van der Waals surface area contributed by atoms with Gasteiger partial charge in [-0.25, -0.2) is 0 Å². The molecular formula is C19H28Cl3N3O2S. The van der Waals surface area contributed by atoms with Crippen molar-refractivity contribution in [3.05, 3.63) is 24.3 Å². The van der Waals surface area contributed by atoms with Gasteiger partial charge in [0.25, 0.3) is 0 Å². The van der Waals surface area contributed by atoms with Crippen molar-refractivity contribution in [2.24, 2.45) is 0 Å².